The summed E-state index contributed by atoms with van der Waals surface area (Å²) in [7, 11) is -0.220. The number of piperazine rings is 1. The van der Waals surface area contributed by atoms with Crippen LogP contribution in [0.1, 0.15) is 32.6 Å². The van der Waals surface area contributed by atoms with Crippen molar-refractivity contribution in [2.75, 3.05) is 47.2 Å². The molecule has 2 unspecified atom stereocenters. The van der Waals surface area contributed by atoms with E-state index in [1.165, 1.54) is 18.3 Å². The van der Waals surface area contributed by atoms with Crippen LogP contribution in [0.15, 0.2) is 30.5 Å². The predicted molar refractivity (Wildman–Crippen MR) is 161 cm³/mol. The number of nitrogens with one attached hydrogen (secondary N) is 2. The van der Waals surface area contributed by atoms with Crippen molar-refractivity contribution in [1.29, 1.82) is 0 Å². The minimum Gasteiger partial charge on any atom is -0.351 e. The van der Waals surface area contributed by atoms with E-state index in [9.17, 15) is 13.9 Å². The van der Waals surface area contributed by atoms with E-state index in [0.717, 1.165) is 48.8 Å². The van der Waals surface area contributed by atoms with Crippen LogP contribution in [0.25, 0.3) is 21.8 Å². The third-order valence-electron chi connectivity index (χ3n) is 8.72. The molecule has 0 radical (unpaired) electrons. The Morgan fingerprint density at radius 3 is 2.56 bits per heavy atom. The summed E-state index contributed by atoms with van der Waals surface area (Å²) in [6, 6.07) is 7.68. The van der Waals surface area contributed by atoms with Crippen molar-refractivity contribution in [3.63, 3.8) is 0 Å². The molecule has 4 N–H and O–H groups in total. The molecule has 1 aliphatic carbocycles. The first-order chi connectivity index (χ1) is 19.6. The van der Waals surface area contributed by atoms with E-state index in [4.69, 9.17) is 9.97 Å². The van der Waals surface area contributed by atoms with E-state index in [0.29, 0.717) is 46.5 Å². The number of likely N-dealkylation sites (N-methyl/N-ethyl adjacent to an activating group) is 1. The van der Waals surface area contributed by atoms with Crippen molar-refractivity contribution in [3.8, 4) is 21.8 Å². The molecule has 3 aromatic rings. The van der Waals surface area contributed by atoms with E-state index in [1.54, 1.807) is 24.4 Å². The van der Waals surface area contributed by atoms with Crippen molar-refractivity contribution < 1.29 is 18.3 Å². The van der Waals surface area contributed by atoms with Crippen LogP contribution >= 0.6 is 21.9 Å². The van der Waals surface area contributed by atoms with Crippen LogP contribution in [0.4, 0.5) is 21.2 Å². The zero-order chi connectivity index (χ0) is 28.5. The number of halogens is 1. The van der Waals surface area contributed by atoms with E-state index < -0.39 is 16.4 Å². The molecule has 218 valence electrons. The van der Waals surface area contributed by atoms with Crippen LogP contribution in [0.3, 0.4) is 0 Å². The first kappa shape index (κ1) is 27.0. The summed E-state index contributed by atoms with van der Waals surface area (Å²) in [5, 5.41) is 6.86. The number of rotatable bonds is 6. The van der Waals surface area contributed by atoms with E-state index in [-0.39, 0.29) is 23.1 Å². The minimum atomic E-state index is -2.37. The first-order valence-corrected chi connectivity index (χ1v) is 16.7. The van der Waals surface area contributed by atoms with Gasteiger partial charge in [0.1, 0.15) is 0 Å². The molecule has 2 bridgehead atoms. The van der Waals surface area contributed by atoms with Crippen molar-refractivity contribution in [3.05, 3.63) is 36.3 Å². The number of hydrogen-bond acceptors (Lipinski definition) is 10. The molecule has 10 nitrogen and oxygen atoms in total. The summed E-state index contributed by atoms with van der Waals surface area (Å²) in [5.41, 5.74) is 1.62. The second-order valence-electron chi connectivity index (χ2n) is 12.1. The Balaban J connectivity index is 1.23. The van der Waals surface area contributed by atoms with Crippen LogP contribution in [-0.4, -0.2) is 84.6 Å². The van der Waals surface area contributed by atoms with Gasteiger partial charge < -0.3 is 20.4 Å². The average molecular weight is 600 g/mol. The molecule has 13 heteroatoms. The van der Waals surface area contributed by atoms with Gasteiger partial charge in [0.05, 0.1) is 22.0 Å². The highest BCUT2D eigenvalue weighted by Gasteiger charge is 2.56. The monoisotopic (exact) mass is 599 g/mol. The third-order valence-corrected chi connectivity index (χ3v) is 12.0. The van der Waals surface area contributed by atoms with Crippen molar-refractivity contribution in [1.82, 2.24) is 19.9 Å². The zero-order valence-corrected chi connectivity index (χ0v) is 24.6. The summed E-state index contributed by atoms with van der Waals surface area (Å²) in [4.78, 5) is 31.6. The fourth-order valence-corrected chi connectivity index (χ4v) is 10.7. The molecular weight excluding hydrogens is 565 g/mol. The lowest BCUT2D eigenvalue weighted by atomic mass is 9.67. The third kappa shape index (κ3) is 4.97. The lowest BCUT2D eigenvalue weighted by Crippen LogP contribution is -2.57. The van der Waals surface area contributed by atoms with Crippen molar-refractivity contribution in [2.45, 2.75) is 50.7 Å². The molecule has 2 atom stereocenters. The maximum Gasteiger partial charge on any atom is 0.223 e. The highest BCUT2D eigenvalue weighted by Crippen LogP contribution is 2.66. The van der Waals surface area contributed by atoms with E-state index in [2.05, 4.69) is 32.5 Å². The van der Waals surface area contributed by atoms with Crippen LogP contribution in [-0.2, 0) is 4.79 Å². The largest absolute Gasteiger partial charge is 0.351 e. The van der Waals surface area contributed by atoms with Gasteiger partial charge in [0.25, 0.3) is 0 Å². The number of thiazole rings is 1. The Morgan fingerprint density at radius 1 is 1.15 bits per heavy atom. The van der Waals surface area contributed by atoms with Gasteiger partial charge in [0.15, 0.2) is 10.9 Å². The zero-order valence-electron chi connectivity index (χ0n) is 23.0. The molecule has 4 aliphatic rings. The Hall–Kier alpha value is -2.84. The number of carbonyl (C=O) groups is 1. The SMILES string of the molecule is CC(=O)Nc1cccc(-c2nc(N3C4CCC3CN(C)C4)sc2-c2ccnc(NC3CC4(C3)CS(O)(O)C4)n2)c1F. The second kappa shape index (κ2) is 9.87. The minimum absolute atomic E-state index is 0.0339. The quantitative estimate of drug-likeness (QED) is 0.311. The number of aromatic nitrogens is 3. The van der Waals surface area contributed by atoms with Crippen molar-refractivity contribution in [2.24, 2.45) is 5.41 Å². The fourth-order valence-electron chi connectivity index (χ4n) is 7.20. The Morgan fingerprint density at radius 2 is 1.88 bits per heavy atom. The van der Waals surface area contributed by atoms with Gasteiger partial charge >= 0.3 is 0 Å². The van der Waals surface area contributed by atoms with E-state index in [1.807, 2.05) is 6.07 Å². The number of nitrogens with zero attached hydrogens (tertiary/aromatic N) is 5. The van der Waals surface area contributed by atoms with Gasteiger partial charge in [0, 0.05) is 66.8 Å². The van der Waals surface area contributed by atoms with Gasteiger partial charge in [-0.15, -0.1) is 0 Å². The summed E-state index contributed by atoms with van der Waals surface area (Å²) < 4.78 is 35.5. The topological polar surface area (TPSA) is 127 Å². The normalized spacial score (nSPS) is 25.4. The molecule has 1 amide bonds. The van der Waals surface area contributed by atoms with Gasteiger partial charge in [-0.25, -0.2) is 19.3 Å². The second-order valence-corrected chi connectivity index (χ2v) is 15.3. The van der Waals surface area contributed by atoms with Crippen LogP contribution < -0.4 is 15.5 Å². The lowest BCUT2D eigenvalue weighted by molar-refractivity contribution is -0.114. The Bertz CT molecular complexity index is 1490. The van der Waals surface area contributed by atoms with Crippen LogP contribution in [0.5, 0.6) is 0 Å². The molecular formula is C28H34FN7O3S2. The maximum absolute atomic E-state index is 15.8. The molecule has 3 saturated heterocycles. The molecule has 1 aromatic carbocycles. The van der Waals surface area contributed by atoms with Gasteiger partial charge in [-0.05, 0) is 50.9 Å². The standard InChI is InChI=1S/C28H34FN7O3S2/c1-16(37)31-21-5-3-4-20(23(21)29)24-25(40-27(34-24)36-18-6-7-19(36)13-35(2)12-18)22-8-9-30-26(33-22)32-17-10-28(11-17)14-41(38,39)15-28/h3-5,8-9,17-19,38-39H,6-7,10-15H2,1-2H3,(H,31,37)(H,30,32,33). The number of benzene rings is 1. The molecule has 1 spiro atoms. The predicted octanol–water partition coefficient (Wildman–Crippen LogP) is 4.97. The number of likely N-dealkylation sites (tertiary alicyclic amines) is 1. The first-order valence-electron chi connectivity index (χ1n) is 14.0. The molecule has 3 aliphatic heterocycles. The summed E-state index contributed by atoms with van der Waals surface area (Å²) >= 11 is 1.52. The van der Waals surface area contributed by atoms with Gasteiger partial charge in [-0.3, -0.25) is 13.9 Å². The van der Waals surface area contributed by atoms with Gasteiger partial charge in [0.2, 0.25) is 11.9 Å². The van der Waals surface area contributed by atoms with E-state index >= 15 is 4.39 Å². The number of carbonyl (C=O) groups excluding carboxylic acids is 1. The number of hydrogen-bond donors (Lipinski definition) is 4. The highest BCUT2D eigenvalue weighted by atomic mass is 32.3. The summed E-state index contributed by atoms with van der Waals surface area (Å²) in [6.07, 6.45) is 5.63. The smallest absolute Gasteiger partial charge is 0.223 e. The molecule has 41 heavy (non-hydrogen) atoms. The van der Waals surface area contributed by atoms with Crippen LogP contribution in [0.2, 0.25) is 0 Å². The molecule has 1 saturated carbocycles. The number of anilines is 3. The lowest BCUT2D eigenvalue weighted by Gasteiger charge is -2.63. The number of amides is 1. The van der Waals surface area contributed by atoms with Gasteiger partial charge in [-0.1, -0.05) is 17.4 Å². The molecule has 2 aromatic heterocycles. The fraction of sp³-hybridized carbons (Fsp3) is 0.500. The highest BCUT2D eigenvalue weighted by molar-refractivity contribution is 8.25. The molecule has 5 heterocycles. The molecule has 4 fully saturated rings. The van der Waals surface area contributed by atoms with Gasteiger partial charge in [-0.2, -0.15) is 10.6 Å². The maximum atomic E-state index is 15.8. The summed E-state index contributed by atoms with van der Waals surface area (Å²) in [6.45, 7) is 3.29. The van der Waals surface area contributed by atoms with Crippen molar-refractivity contribution >= 4 is 44.6 Å². The number of fused-ring (bicyclic) bond motifs is 2. The average Bonchev–Trinajstić information content (AvgIpc) is 3.42. The Kier molecular flexibility index (Phi) is 6.51. The Labute approximate surface area is 243 Å². The summed E-state index contributed by atoms with van der Waals surface area (Å²) in [5.74, 6) is 0.597. The van der Waals surface area contributed by atoms with Crippen LogP contribution in [0, 0.1) is 11.2 Å². The molecule has 7 rings (SSSR count).